The van der Waals surface area contributed by atoms with Gasteiger partial charge in [-0.2, -0.15) is 0 Å². The van der Waals surface area contributed by atoms with E-state index in [0.717, 1.165) is 47.5 Å². The van der Waals surface area contributed by atoms with E-state index in [1.54, 1.807) is 0 Å². The SMILES string of the molecule is CN(C)c1ccc(NC(=O)c2cccs2)cc1CN(C(=O)c1cccs1)C1CCCCC1. The van der Waals surface area contributed by atoms with Crippen molar-refractivity contribution in [2.45, 2.75) is 44.7 Å². The smallest absolute Gasteiger partial charge is 0.265 e. The molecule has 2 aromatic heterocycles. The van der Waals surface area contributed by atoms with Gasteiger partial charge in [-0.25, -0.2) is 0 Å². The van der Waals surface area contributed by atoms with E-state index in [-0.39, 0.29) is 17.9 Å². The fourth-order valence-electron chi connectivity index (χ4n) is 4.31. The maximum atomic E-state index is 13.5. The molecule has 5 nitrogen and oxygen atoms in total. The zero-order chi connectivity index (χ0) is 22.5. The van der Waals surface area contributed by atoms with Gasteiger partial charge in [0.2, 0.25) is 0 Å². The van der Waals surface area contributed by atoms with E-state index in [1.165, 1.54) is 29.1 Å². The summed E-state index contributed by atoms with van der Waals surface area (Å²) in [5, 5.41) is 6.87. The summed E-state index contributed by atoms with van der Waals surface area (Å²) in [6.45, 7) is 0.525. The maximum Gasteiger partial charge on any atom is 0.265 e. The van der Waals surface area contributed by atoms with Crippen molar-refractivity contribution < 1.29 is 9.59 Å². The molecule has 1 fully saturated rings. The van der Waals surface area contributed by atoms with Crippen LogP contribution in [0.5, 0.6) is 0 Å². The number of hydrogen-bond donors (Lipinski definition) is 1. The van der Waals surface area contributed by atoms with Crippen molar-refractivity contribution in [3.63, 3.8) is 0 Å². The van der Waals surface area contributed by atoms with Crippen molar-refractivity contribution >= 4 is 45.9 Å². The Morgan fingerprint density at radius 3 is 2.28 bits per heavy atom. The number of rotatable bonds is 7. The molecule has 7 heteroatoms. The minimum absolute atomic E-state index is 0.102. The lowest BCUT2D eigenvalue weighted by Crippen LogP contribution is -2.41. The molecular weight excluding hydrogens is 438 g/mol. The second-order valence-corrected chi connectivity index (χ2v) is 10.3. The molecule has 32 heavy (non-hydrogen) atoms. The Kier molecular flexibility index (Phi) is 7.27. The van der Waals surface area contributed by atoms with E-state index in [9.17, 15) is 9.59 Å². The Morgan fingerprint density at radius 2 is 1.66 bits per heavy atom. The highest BCUT2D eigenvalue weighted by molar-refractivity contribution is 7.12. The Labute approximate surface area is 197 Å². The molecule has 4 rings (SSSR count). The van der Waals surface area contributed by atoms with Crippen molar-refractivity contribution in [1.82, 2.24) is 4.90 Å². The van der Waals surface area contributed by atoms with Crippen LogP contribution in [0.15, 0.2) is 53.2 Å². The highest BCUT2D eigenvalue weighted by atomic mass is 32.1. The van der Waals surface area contributed by atoms with Gasteiger partial charge in [0.05, 0.1) is 9.75 Å². The van der Waals surface area contributed by atoms with E-state index in [0.29, 0.717) is 11.4 Å². The number of benzene rings is 1. The van der Waals surface area contributed by atoms with Gasteiger partial charge in [0.15, 0.2) is 0 Å². The van der Waals surface area contributed by atoms with Crippen molar-refractivity contribution in [3.8, 4) is 0 Å². The van der Waals surface area contributed by atoms with Crippen LogP contribution in [0.1, 0.15) is 57.0 Å². The Hall–Kier alpha value is -2.64. The first-order valence-corrected chi connectivity index (χ1v) is 12.8. The molecule has 2 amide bonds. The van der Waals surface area contributed by atoms with E-state index in [1.807, 2.05) is 67.3 Å². The first-order valence-electron chi connectivity index (χ1n) is 11.0. The first-order chi connectivity index (χ1) is 15.5. The van der Waals surface area contributed by atoms with Crippen LogP contribution in [0.2, 0.25) is 0 Å². The van der Waals surface area contributed by atoms with Gasteiger partial charge < -0.3 is 15.1 Å². The van der Waals surface area contributed by atoms with Crippen LogP contribution >= 0.6 is 22.7 Å². The molecule has 0 spiro atoms. The number of anilines is 2. The van der Waals surface area contributed by atoms with E-state index >= 15 is 0 Å². The summed E-state index contributed by atoms with van der Waals surface area (Å²) in [5.74, 6) is -0.00742. The predicted octanol–water partition coefficient (Wildman–Crippen LogP) is 6.10. The molecule has 0 unspecified atom stereocenters. The van der Waals surface area contributed by atoms with Gasteiger partial charge in [-0.1, -0.05) is 31.4 Å². The van der Waals surface area contributed by atoms with Crippen LogP contribution < -0.4 is 10.2 Å². The van der Waals surface area contributed by atoms with E-state index in [2.05, 4.69) is 15.1 Å². The highest BCUT2D eigenvalue weighted by Gasteiger charge is 2.28. The highest BCUT2D eigenvalue weighted by Crippen LogP contribution is 2.30. The molecule has 0 radical (unpaired) electrons. The van der Waals surface area contributed by atoms with E-state index in [4.69, 9.17) is 0 Å². The number of carbonyl (C=O) groups is 2. The number of thiophene rings is 2. The maximum absolute atomic E-state index is 13.5. The molecule has 0 atom stereocenters. The molecule has 2 heterocycles. The standard InChI is InChI=1S/C25H29N3O2S2/c1-27(2)21-13-12-19(26-24(29)22-10-6-14-31-22)16-18(21)17-28(20-8-4-3-5-9-20)25(30)23-11-7-15-32-23/h6-7,10-16,20H,3-5,8-9,17H2,1-2H3,(H,26,29). The number of nitrogens with zero attached hydrogens (tertiary/aromatic N) is 2. The molecule has 1 N–H and O–H groups in total. The molecule has 1 saturated carbocycles. The first kappa shape index (κ1) is 22.6. The lowest BCUT2D eigenvalue weighted by atomic mass is 9.93. The largest absolute Gasteiger partial charge is 0.377 e. The molecule has 168 valence electrons. The third-order valence-electron chi connectivity index (χ3n) is 5.91. The molecule has 0 saturated heterocycles. The fraction of sp³-hybridized carbons (Fsp3) is 0.360. The average molecular weight is 468 g/mol. The number of hydrogen-bond acceptors (Lipinski definition) is 5. The van der Waals surface area contributed by atoms with Crippen LogP contribution in [0, 0.1) is 0 Å². The van der Waals surface area contributed by atoms with E-state index < -0.39 is 0 Å². The second kappa shape index (κ2) is 10.3. The number of carbonyl (C=O) groups excluding carboxylic acids is 2. The summed E-state index contributed by atoms with van der Waals surface area (Å²) >= 11 is 2.92. The molecule has 1 aliphatic rings. The zero-order valence-electron chi connectivity index (χ0n) is 18.5. The van der Waals surface area contributed by atoms with Gasteiger partial charge in [-0.3, -0.25) is 9.59 Å². The van der Waals surface area contributed by atoms with Crippen LogP contribution in [0.4, 0.5) is 11.4 Å². The van der Waals surface area contributed by atoms with Crippen molar-refractivity contribution in [1.29, 1.82) is 0 Å². The third-order valence-corrected chi connectivity index (χ3v) is 7.64. The predicted molar refractivity (Wildman–Crippen MR) is 134 cm³/mol. The zero-order valence-corrected chi connectivity index (χ0v) is 20.2. The number of amides is 2. The van der Waals surface area contributed by atoms with Crippen LogP contribution in [0.25, 0.3) is 0 Å². The summed E-state index contributed by atoms with van der Waals surface area (Å²) in [6.07, 6.45) is 5.66. The summed E-state index contributed by atoms with van der Waals surface area (Å²) in [7, 11) is 4.02. The van der Waals surface area contributed by atoms with Crippen molar-refractivity contribution in [3.05, 3.63) is 68.5 Å². The van der Waals surface area contributed by atoms with Gasteiger partial charge in [0.1, 0.15) is 0 Å². The second-order valence-electron chi connectivity index (χ2n) is 8.37. The molecule has 1 aliphatic carbocycles. The Balaban J connectivity index is 1.63. The van der Waals surface area contributed by atoms with Crippen molar-refractivity contribution in [2.75, 3.05) is 24.3 Å². The molecule has 0 aliphatic heterocycles. The monoisotopic (exact) mass is 467 g/mol. The third kappa shape index (κ3) is 5.22. The molecule has 0 bridgehead atoms. The summed E-state index contributed by atoms with van der Waals surface area (Å²) in [5.41, 5.74) is 2.84. The van der Waals surface area contributed by atoms with Crippen LogP contribution in [-0.4, -0.2) is 36.9 Å². The van der Waals surface area contributed by atoms with Crippen LogP contribution in [-0.2, 0) is 6.54 Å². The summed E-state index contributed by atoms with van der Waals surface area (Å²) in [4.78, 5) is 31.6. The molecular formula is C25H29N3O2S2. The van der Waals surface area contributed by atoms with Gasteiger partial charge in [0, 0.05) is 38.1 Å². The topological polar surface area (TPSA) is 52.7 Å². The summed E-state index contributed by atoms with van der Waals surface area (Å²) < 4.78 is 0. The lowest BCUT2D eigenvalue weighted by Gasteiger charge is -2.35. The normalized spacial score (nSPS) is 14.2. The van der Waals surface area contributed by atoms with Crippen LogP contribution in [0.3, 0.4) is 0 Å². The molecule has 3 aromatic rings. The fourth-order valence-corrected chi connectivity index (χ4v) is 5.61. The minimum atomic E-state index is -0.109. The van der Waals surface area contributed by atoms with Gasteiger partial charge in [-0.05, 0) is 59.5 Å². The van der Waals surface area contributed by atoms with Gasteiger partial charge in [-0.15, -0.1) is 22.7 Å². The lowest BCUT2D eigenvalue weighted by molar-refractivity contribution is 0.0619. The average Bonchev–Trinajstić information content (AvgIpc) is 3.52. The summed E-state index contributed by atoms with van der Waals surface area (Å²) in [6, 6.07) is 13.7. The Morgan fingerprint density at radius 1 is 0.969 bits per heavy atom. The van der Waals surface area contributed by atoms with Gasteiger partial charge >= 0.3 is 0 Å². The number of nitrogens with one attached hydrogen (secondary N) is 1. The molecule has 1 aromatic carbocycles. The minimum Gasteiger partial charge on any atom is -0.377 e. The Bertz CT molecular complexity index is 1040. The van der Waals surface area contributed by atoms with Gasteiger partial charge in [0.25, 0.3) is 11.8 Å². The van der Waals surface area contributed by atoms with Crippen molar-refractivity contribution in [2.24, 2.45) is 0 Å². The quantitative estimate of drug-likeness (QED) is 0.457.